The third-order valence-electron chi connectivity index (χ3n) is 5.99. The fourth-order valence-corrected chi connectivity index (χ4v) is 4.62. The summed E-state index contributed by atoms with van der Waals surface area (Å²) in [7, 11) is 0. The Morgan fingerprint density at radius 3 is 2.53 bits per heavy atom. The first-order valence-corrected chi connectivity index (χ1v) is 11.2. The van der Waals surface area contributed by atoms with Crippen LogP contribution in [0, 0.1) is 11.6 Å². The van der Waals surface area contributed by atoms with E-state index in [0.29, 0.717) is 17.5 Å². The van der Waals surface area contributed by atoms with Gasteiger partial charge < -0.3 is 16.4 Å². The lowest BCUT2D eigenvalue weighted by molar-refractivity contribution is -0.137. The minimum Gasteiger partial charge on any atom is -0.384 e. The Labute approximate surface area is 215 Å². The van der Waals surface area contributed by atoms with Crippen molar-refractivity contribution in [3.8, 4) is 0 Å². The van der Waals surface area contributed by atoms with Gasteiger partial charge in [-0.05, 0) is 54.6 Å². The quantitative estimate of drug-likeness (QED) is 0.221. The van der Waals surface area contributed by atoms with Crippen LogP contribution in [0.2, 0.25) is 5.02 Å². The van der Waals surface area contributed by atoms with Crippen LogP contribution in [0.3, 0.4) is 0 Å². The number of rotatable bonds is 3. The van der Waals surface area contributed by atoms with E-state index >= 15 is 0 Å². The van der Waals surface area contributed by atoms with Gasteiger partial charge in [-0.1, -0.05) is 11.6 Å². The Kier molecular flexibility index (Phi) is 6.05. The molecule has 1 aliphatic heterocycles. The number of halogens is 6. The average Bonchev–Trinajstić information content (AvgIpc) is 3.24. The van der Waals surface area contributed by atoms with Gasteiger partial charge in [0.25, 0.3) is 5.91 Å². The van der Waals surface area contributed by atoms with Crippen molar-refractivity contribution in [2.75, 3.05) is 11.1 Å². The molecule has 2 heterocycles. The highest BCUT2D eigenvalue weighted by Gasteiger charge is 2.36. The number of nitrogens with one attached hydrogen (secondary N) is 2. The number of nitrogen functional groups attached to an aromatic ring is 1. The molecule has 5 rings (SSSR count). The minimum absolute atomic E-state index is 0.00324. The number of pyridine rings is 1. The molecule has 4 N–H and O–H groups in total. The number of hydrogen-bond donors (Lipinski definition) is 3. The van der Waals surface area contributed by atoms with Gasteiger partial charge in [0.2, 0.25) is 0 Å². The first kappa shape index (κ1) is 25.2. The second kappa shape index (κ2) is 9.13. The molecule has 1 unspecified atom stereocenters. The number of nitrogens with zero attached hydrogens (tertiary/aromatic N) is 1. The van der Waals surface area contributed by atoms with Crippen molar-refractivity contribution in [3.05, 3.63) is 99.1 Å². The number of aromatic nitrogens is 1. The van der Waals surface area contributed by atoms with Crippen molar-refractivity contribution in [1.29, 1.82) is 0 Å². The number of hydrogen-bond acceptors (Lipinski definition) is 5. The Balaban J connectivity index is 1.72. The molecule has 4 aromatic rings. The predicted molar refractivity (Wildman–Crippen MR) is 131 cm³/mol. The van der Waals surface area contributed by atoms with E-state index in [1.165, 1.54) is 18.2 Å². The molecule has 1 aromatic heterocycles. The van der Waals surface area contributed by atoms with Crippen LogP contribution in [0.5, 0.6) is 0 Å². The lowest BCUT2D eigenvalue weighted by atomic mass is 9.93. The molecule has 1 aliphatic rings. The van der Waals surface area contributed by atoms with Crippen molar-refractivity contribution in [1.82, 2.24) is 10.3 Å². The van der Waals surface area contributed by atoms with E-state index in [-0.39, 0.29) is 50.5 Å². The zero-order valence-corrected chi connectivity index (χ0v) is 19.6. The van der Waals surface area contributed by atoms with Crippen LogP contribution in [0.1, 0.15) is 38.7 Å². The van der Waals surface area contributed by atoms with Crippen molar-refractivity contribution in [2.24, 2.45) is 0 Å². The highest BCUT2D eigenvalue weighted by Crippen LogP contribution is 2.46. The third kappa shape index (κ3) is 4.42. The number of carbonyl (C=O) groups is 1. The largest absolute Gasteiger partial charge is 0.416 e. The molecule has 6 nitrogen and oxygen atoms in total. The fraction of sp³-hybridized carbons (Fsp3) is 0.0769. The first-order chi connectivity index (χ1) is 18.0. The van der Waals surface area contributed by atoms with Crippen LogP contribution in [0.15, 0.2) is 54.6 Å². The maximum absolute atomic E-state index is 14.2. The molecule has 0 aliphatic carbocycles. The number of carbonyl (C=O) groups excluding carboxylic acids is 2. The topological polar surface area (TPSA) is 97.1 Å². The average molecular weight is 545 g/mol. The van der Waals surface area contributed by atoms with Crippen LogP contribution in [0.25, 0.3) is 16.6 Å². The van der Waals surface area contributed by atoms with Crippen LogP contribution < -0.4 is 16.4 Å². The Morgan fingerprint density at radius 2 is 1.82 bits per heavy atom. The zero-order chi connectivity index (χ0) is 27.4. The summed E-state index contributed by atoms with van der Waals surface area (Å²) < 4.78 is 67.8. The SMILES string of the molecule is Nc1ccc2c3c(c(NC(=O)c4cc(F)cc(C(F)(F)F)c4)cc2n1)C(c1cc(F)ccc1Cl)NC3=C=O. The zero-order valence-electron chi connectivity index (χ0n) is 18.9. The van der Waals surface area contributed by atoms with Gasteiger partial charge in [-0.25, -0.2) is 18.6 Å². The molecule has 0 saturated heterocycles. The second-order valence-electron chi connectivity index (χ2n) is 8.42. The molecule has 0 radical (unpaired) electrons. The summed E-state index contributed by atoms with van der Waals surface area (Å²) in [6.45, 7) is 0. The number of anilines is 2. The molecular weight excluding hydrogens is 531 g/mol. The van der Waals surface area contributed by atoms with E-state index < -0.39 is 40.9 Å². The molecule has 0 spiro atoms. The predicted octanol–water partition coefficient (Wildman–Crippen LogP) is 5.88. The molecule has 1 atom stereocenters. The molecule has 3 aromatic carbocycles. The van der Waals surface area contributed by atoms with E-state index in [0.717, 1.165) is 12.1 Å². The van der Waals surface area contributed by atoms with Gasteiger partial charge >= 0.3 is 6.18 Å². The van der Waals surface area contributed by atoms with Crippen molar-refractivity contribution >= 4 is 51.6 Å². The first-order valence-electron chi connectivity index (χ1n) is 10.9. The van der Waals surface area contributed by atoms with Gasteiger partial charge in [-0.2, -0.15) is 13.2 Å². The summed E-state index contributed by atoms with van der Waals surface area (Å²) >= 11 is 6.33. The van der Waals surface area contributed by atoms with Crippen molar-refractivity contribution in [3.63, 3.8) is 0 Å². The van der Waals surface area contributed by atoms with Gasteiger partial charge in [0.05, 0.1) is 17.1 Å². The summed E-state index contributed by atoms with van der Waals surface area (Å²) in [6, 6.07) is 8.49. The van der Waals surface area contributed by atoms with E-state index in [2.05, 4.69) is 15.6 Å². The van der Waals surface area contributed by atoms with E-state index in [9.17, 15) is 31.5 Å². The molecule has 0 fully saturated rings. The summed E-state index contributed by atoms with van der Waals surface area (Å²) in [5.41, 5.74) is 4.73. The van der Waals surface area contributed by atoms with Crippen LogP contribution in [0.4, 0.5) is 33.5 Å². The van der Waals surface area contributed by atoms with Crippen LogP contribution in [-0.2, 0) is 11.0 Å². The molecule has 0 bridgehead atoms. The van der Waals surface area contributed by atoms with E-state index in [1.54, 1.807) is 12.0 Å². The maximum Gasteiger partial charge on any atom is 0.416 e. The monoisotopic (exact) mass is 544 g/mol. The number of benzene rings is 3. The van der Waals surface area contributed by atoms with Crippen LogP contribution in [-0.4, -0.2) is 16.8 Å². The van der Waals surface area contributed by atoms with Crippen LogP contribution >= 0.6 is 11.6 Å². The molecule has 1 amide bonds. The number of fused-ring (bicyclic) bond motifs is 3. The van der Waals surface area contributed by atoms with Crippen molar-refractivity contribution in [2.45, 2.75) is 12.2 Å². The van der Waals surface area contributed by atoms with Crippen molar-refractivity contribution < 1.29 is 31.5 Å². The maximum atomic E-state index is 14.2. The molecule has 192 valence electrons. The summed E-state index contributed by atoms with van der Waals surface area (Å²) in [5.74, 6) is -1.08. The standard InChI is InChI=1S/C26H14ClF5N4O2/c27-17-3-1-13(28)8-16(17)24-23-19(36-25(38)11-5-12(26(30,31)32)7-14(29)6-11)9-18-15(2-4-21(33)34-18)22(23)20(10-37)35-24/h1-9,24,35H,(H2,33,34)(H,36,38). The normalized spacial score (nSPS) is 14.7. The summed E-state index contributed by atoms with van der Waals surface area (Å²) in [4.78, 5) is 29.2. The smallest absolute Gasteiger partial charge is 0.384 e. The highest BCUT2D eigenvalue weighted by molar-refractivity contribution is 6.31. The van der Waals surface area contributed by atoms with E-state index in [4.69, 9.17) is 17.3 Å². The molecule has 0 saturated carbocycles. The van der Waals surface area contributed by atoms with Gasteiger partial charge in [-0.15, -0.1) is 0 Å². The lowest BCUT2D eigenvalue weighted by Gasteiger charge is -2.19. The Morgan fingerprint density at radius 1 is 1.05 bits per heavy atom. The van der Waals surface area contributed by atoms with E-state index in [1.807, 2.05) is 0 Å². The highest BCUT2D eigenvalue weighted by atomic mass is 35.5. The Hall–Kier alpha value is -4.47. The van der Waals surface area contributed by atoms with Gasteiger partial charge in [0.15, 0.2) is 5.94 Å². The Bertz CT molecular complexity index is 1700. The molecular formula is C26H14ClF5N4O2. The number of alkyl halides is 3. The number of nitrogens with two attached hydrogens (primary N) is 1. The molecule has 38 heavy (non-hydrogen) atoms. The van der Waals surface area contributed by atoms with Gasteiger partial charge in [0, 0.05) is 38.4 Å². The second-order valence-corrected chi connectivity index (χ2v) is 8.82. The van der Waals surface area contributed by atoms with Gasteiger partial charge in [0.1, 0.15) is 23.1 Å². The molecule has 12 heteroatoms. The summed E-state index contributed by atoms with van der Waals surface area (Å²) in [5, 5.41) is 5.96. The lowest BCUT2D eigenvalue weighted by Crippen LogP contribution is -2.18. The minimum atomic E-state index is -4.89. The summed E-state index contributed by atoms with van der Waals surface area (Å²) in [6.07, 6.45) is -4.89. The number of amides is 1. The fourth-order valence-electron chi connectivity index (χ4n) is 4.40. The van der Waals surface area contributed by atoms with Gasteiger partial charge in [-0.3, -0.25) is 4.79 Å². The third-order valence-corrected chi connectivity index (χ3v) is 6.33.